The zero-order valence-corrected chi connectivity index (χ0v) is 9.13. The second kappa shape index (κ2) is 4.95. The average Bonchev–Trinajstić information content (AvgIpc) is 2.20. The summed E-state index contributed by atoms with van der Waals surface area (Å²) in [7, 11) is -1.01. The highest BCUT2D eigenvalue weighted by atomic mass is 32.2. The van der Waals surface area contributed by atoms with Crippen LogP contribution < -0.4 is 10.5 Å². The maximum atomic E-state index is 11.5. The van der Waals surface area contributed by atoms with Crippen molar-refractivity contribution in [2.75, 3.05) is 18.1 Å². The van der Waals surface area contributed by atoms with Gasteiger partial charge in [0.15, 0.2) is 11.6 Å². The number of pyridine rings is 1. The van der Waals surface area contributed by atoms with Gasteiger partial charge in [0.1, 0.15) is 0 Å². The molecule has 5 heteroatoms. The number of hydrogen-bond donors (Lipinski definition) is 1. The summed E-state index contributed by atoms with van der Waals surface area (Å²) in [6.45, 7) is 4.24. The van der Waals surface area contributed by atoms with Crippen molar-refractivity contribution in [3.05, 3.63) is 12.3 Å². The molecule has 1 aromatic rings. The third-order valence-corrected chi connectivity index (χ3v) is 2.96. The van der Waals surface area contributed by atoms with Crippen LogP contribution in [0.4, 0.5) is 5.82 Å². The van der Waals surface area contributed by atoms with Crippen LogP contribution in [0.5, 0.6) is 5.75 Å². The van der Waals surface area contributed by atoms with Crippen molar-refractivity contribution in [3.63, 3.8) is 0 Å². The molecule has 14 heavy (non-hydrogen) atoms. The molecule has 1 rings (SSSR count). The van der Waals surface area contributed by atoms with Gasteiger partial charge < -0.3 is 10.5 Å². The largest absolute Gasteiger partial charge is 0.490 e. The minimum Gasteiger partial charge on any atom is -0.490 e. The number of nitrogens with zero attached hydrogens (tertiary/aromatic N) is 1. The van der Waals surface area contributed by atoms with Crippen molar-refractivity contribution in [2.24, 2.45) is 0 Å². The van der Waals surface area contributed by atoms with E-state index in [1.54, 1.807) is 6.07 Å². The molecule has 0 aromatic carbocycles. The minimum atomic E-state index is -1.01. The third kappa shape index (κ3) is 2.45. The lowest BCUT2D eigenvalue weighted by Crippen LogP contribution is -2.02. The lowest BCUT2D eigenvalue weighted by atomic mass is 10.4. The first kappa shape index (κ1) is 11.0. The first-order valence-corrected chi connectivity index (χ1v) is 5.77. The summed E-state index contributed by atoms with van der Waals surface area (Å²) in [5.41, 5.74) is 5.58. The molecular weight excluding hydrogens is 200 g/mol. The maximum absolute atomic E-state index is 11.5. The molecule has 1 unspecified atom stereocenters. The van der Waals surface area contributed by atoms with Gasteiger partial charge in [0.25, 0.3) is 0 Å². The van der Waals surface area contributed by atoms with Gasteiger partial charge in [-0.3, -0.25) is 4.21 Å². The highest BCUT2D eigenvalue weighted by Crippen LogP contribution is 2.21. The van der Waals surface area contributed by atoms with Crippen LogP contribution in [-0.4, -0.2) is 21.6 Å². The van der Waals surface area contributed by atoms with E-state index in [9.17, 15) is 4.21 Å². The van der Waals surface area contributed by atoms with Crippen LogP contribution in [0.2, 0.25) is 0 Å². The SMILES string of the molecule is CCOc1cc(S(=O)CC)cnc1N. The molecule has 0 aliphatic heterocycles. The Labute approximate surface area is 85.9 Å². The lowest BCUT2D eigenvalue weighted by Gasteiger charge is -2.07. The molecule has 0 saturated heterocycles. The number of nitrogens with two attached hydrogens (primary N) is 1. The van der Waals surface area contributed by atoms with Gasteiger partial charge in [-0.15, -0.1) is 0 Å². The van der Waals surface area contributed by atoms with E-state index in [1.165, 1.54) is 6.20 Å². The molecule has 0 bridgehead atoms. The number of nitrogen functional groups attached to an aromatic ring is 1. The maximum Gasteiger partial charge on any atom is 0.166 e. The fourth-order valence-corrected chi connectivity index (χ4v) is 1.74. The Morgan fingerprint density at radius 2 is 2.29 bits per heavy atom. The summed E-state index contributed by atoms with van der Waals surface area (Å²) in [6, 6.07) is 1.69. The second-order valence-electron chi connectivity index (χ2n) is 2.62. The standard InChI is InChI=1S/C9H14N2O2S/c1-3-13-8-5-7(14(12)4-2)6-11-9(8)10/h5-6H,3-4H2,1-2H3,(H2,10,11). The predicted octanol–water partition coefficient (Wildman–Crippen LogP) is 1.19. The summed E-state index contributed by atoms with van der Waals surface area (Å²) in [6.07, 6.45) is 1.53. The topological polar surface area (TPSA) is 65.2 Å². The summed E-state index contributed by atoms with van der Waals surface area (Å²) < 4.78 is 16.7. The van der Waals surface area contributed by atoms with Gasteiger partial charge >= 0.3 is 0 Å². The van der Waals surface area contributed by atoms with Gasteiger partial charge in [-0.25, -0.2) is 4.98 Å². The molecular formula is C9H14N2O2S. The Morgan fingerprint density at radius 3 is 2.86 bits per heavy atom. The summed E-state index contributed by atoms with van der Waals surface area (Å²) in [4.78, 5) is 4.58. The molecule has 1 atom stereocenters. The highest BCUT2D eigenvalue weighted by molar-refractivity contribution is 7.85. The molecule has 78 valence electrons. The molecule has 0 fully saturated rings. The lowest BCUT2D eigenvalue weighted by molar-refractivity contribution is 0.340. The molecule has 4 nitrogen and oxygen atoms in total. The van der Waals surface area contributed by atoms with E-state index in [0.29, 0.717) is 28.8 Å². The fraction of sp³-hybridized carbons (Fsp3) is 0.444. The van der Waals surface area contributed by atoms with Crippen molar-refractivity contribution in [2.45, 2.75) is 18.7 Å². The van der Waals surface area contributed by atoms with Crippen LogP contribution in [-0.2, 0) is 10.8 Å². The number of ether oxygens (including phenoxy) is 1. The molecule has 0 radical (unpaired) electrons. The molecule has 0 amide bonds. The van der Waals surface area contributed by atoms with Gasteiger partial charge in [0.05, 0.1) is 22.3 Å². The number of aromatic nitrogens is 1. The Balaban J connectivity index is 2.99. The van der Waals surface area contributed by atoms with Crippen LogP contribution in [0.1, 0.15) is 13.8 Å². The van der Waals surface area contributed by atoms with Gasteiger partial charge in [0.2, 0.25) is 0 Å². The van der Waals surface area contributed by atoms with Crippen molar-refractivity contribution < 1.29 is 8.95 Å². The highest BCUT2D eigenvalue weighted by Gasteiger charge is 2.07. The number of anilines is 1. The van der Waals surface area contributed by atoms with Gasteiger partial charge in [-0.05, 0) is 6.92 Å². The Kier molecular flexibility index (Phi) is 3.88. The van der Waals surface area contributed by atoms with E-state index in [-0.39, 0.29) is 0 Å². The normalized spacial score (nSPS) is 12.4. The van der Waals surface area contributed by atoms with Crippen LogP contribution in [0.25, 0.3) is 0 Å². The molecule has 1 aromatic heterocycles. The van der Waals surface area contributed by atoms with E-state index in [0.717, 1.165) is 0 Å². The van der Waals surface area contributed by atoms with Crippen molar-refractivity contribution in [3.8, 4) is 5.75 Å². The van der Waals surface area contributed by atoms with Crippen LogP contribution in [0, 0.1) is 0 Å². The zero-order valence-electron chi connectivity index (χ0n) is 8.32. The van der Waals surface area contributed by atoms with Crippen molar-refractivity contribution in [1.82, 2.24) is 4.98 Å². The van der Waals surface area contributed by atoms with Gasteiger partial charge in [-0.2, -0.15) is 0 Å². The van der Waals surface area contributed by atoms with Crippen molar-refractivity contribution >= 4 is 16.6 Å². The Bertz CT molecular complexity index is 342. The Morgan fingerprint density at radius 1 is 1.57 bits per heavy atom. The number of rotatable bonds is 4. The van der Waals surface area contributed by atoms with E-state index in [2.05, 4.69) is 4.98 Å². The summed E-state index contributed by atoms with van der Waals surface area (Å²) >= 11 is 0. The first-order chi connectivity index (χ1) is 6.69. The third-order valence-electron chi connectivity index (χ3n) is 1.68. The van der Waals surface area contributed by atoms with E-state index in [1.807, 2.05) is 13.8 Å². The predicted molar refractivity (Wildman–Crippen MR) is 56.8 cm³/mol. The average molecular weight is 214 g/mol. The number of hydrogen-bond acceptors (Lipinski definition) is 4. The quantitative estimate of drug-likeness (QED) is 0.817. The molecule has 0 aliphatic rings. The van der Waals surface area contributed by atoms with E-state index >= 15 is 0 Å². The molecule has 0 saturated carbocycles. The van der Waals surface area contributed by atoms with Crippen LogP contribution in [0.3, 0.4) is 0 Å². The Hall–Kier alpha value is -1.10. The summed E-state index contributed by atoms with van der Waals surface area (Å²) in [5.74, 6) is 1.41. The minimum absolute atomic E-state index is 0.337. The van der Waals surface area contributed by atoms with Crippen LogP contribution >= 0.6 is 0 Å². The molecule has 1 heterocycles. The second-order valence-corrected chi connectivity index (χ2v) is 4.36. The smallest absolute Gasteiger partial charge is 0.166 e. The molecule has 2 N–H and O–H groups in total. The van der Waals surface area contributed by atoms with Gasteiger partial charge in [0, 0.05) is 18.0 Å². The molecule has 0 aliphatic carbocycles. The zero-order chi connectivity index (χ0) is 10.6. The first-order valence-electron chi connectivity index (χ1n) is 4.45. The molecule has 0 spiro atoms. The van der Waals surface area contributed by atoms with Gasteiger partial charge in [-0.1, -0.05) is 6.92 Å². The van der Waals surface area contributed by atoms with E-state index in [4.69, 9.17) is 10.5 Å². The summed E-state index contributed by atoms with van der Waals surface area (Å²) in [5, 5.41) is 0. The van der Waals surface area contributed by atoms with E-state index < -0.39 is 10.8 Å². The monoisotopic (exact) mass is 214 g/mol. The van der Waals surface area contributed by atoms with Crippen LogP contribution in [0.15, 0.2) is 17.2 Å². The fourth-order valence-electron chi connectivity index (χ4n) is 0.999. The van der Waals surface area contributed by atoms with Crippen molar-refractivity contribution in [1.29, 1.82) is 0 Å².